The molecule has 1 aliphatic rings. The number of ether oxygens (including phenoxy) is 1. The molecule has 2 atom stereocenters. The van der Waals surface area contributed by atoms with Crippen molar-refractivity contribution in [1.82, 2.24) is 4.90 Å². The fraction of sp³-hybridized carbons (Fsp3) is 0.600. The highest BCUT2D eigenvalue weighted by Crippen LogP contribution is 2.23. The summed E-state index contributed by atoms with van der Waals surface area (Å²) in [5.74, 6) is -0.230. The van der Waals surface area contributed by atoms with E-state index in [1.54, 1.807) is 12.0 Å². The maximum atomic E-state index is 12.4. The maximum Gasteiger partial charge on any atom is 0.308 e. The first-order chi connectivity index (χ1) is 12.0. The van der Waals surface area contributed by atoms with Crippen LogP contribution in [0.25, 0.3) is 0 Å². The number of benzene rings is 1. The number of rotatable bonds is 8. The molecule has 1 aliphatic heterocycles. The van der Waals surface area contributed by atoms with E-state index < -0.39 is 11.9 Å². The van der Waals surface area contributed by atoms with Gasteiger partial charge >= 0.3 is 5.97 Å². The Labute approximate surface area is 150 Å². The average Bonchev–Trinajstić information content (AvgIpc) is 2.62. The molecule has 0 spiro atoms. The van der Waals surface area contributed by atoms with Gasteiger partial charge in [-0.05, 0) is 56.7 Å². The number of carbonyl (C=O) groups excluding carboxylic acids is 1. The van der Waals surface area contributed by atoms with E-state index in [2.05, 4.69) is 12.1 Å². The first-order valence-corrected chi connectivity index (χ1v) is 9.16. The summed E-state index contributed by atoms with van der Waals surface area (Å²) >= 11 is 0. The number of carboxylic acids is 1. The molecule has 0 aliphatic carbocycles. The third kappa shape index (κ3) is 5.76. The van der Waals surface area contributed by atoms with Gasteiger partial charge in [-0.15, -0.1) is 0 Å². The summed E-state index contributed by atoms with van der Waals surface area (Å²) in [5, 5.41) is 9.17. The fourth-order valence-electron chi connectivity index (χ4n) is 3.37. The van der Waals surface area contributed by atoms with Crippen molar-refractivity contribution in [1.29, 1.82) is 0 Å². The summed E-state index contributed by atoms with van der Waals surface area (Å²) in [7, 11) is 1.66. The van der Waals surface area contributed by atoms with E-state index in [0.29, 0.717) is 19.4 Å². The second kappa shape index (κ2) is 9.44. The minimum atomic E-state index is -0.788. The van der Waals surface area contributed by atoms with Crippen LogP contribution in [0.2, 0.25) is 0 Å². The molecule has 1 amide bonds. The minimum Gasteiger partial charge on any atom is -0.497 e. The largest absolute Gasteiger partial charge is 0.497 e. The molecule has 138 valence electrons. The van der Waals surface area contributed by atoms with E-state index in [1.165, 1.54) is 5.56 Å². The number of nitrogens with zero attached hydrogens (tertiary/aromatic N) is 1. The molecule has 0 aromatic heterocycles. The van der Waals surface area contributed by atoms with Crippen molar-refractivity contribution < 1.29 is 19.4 Å². The fourth-order valence-corrected chi connectivity index (χ4v) is 3.37. The van der Waals surface area contributed by atoms with Gasteiger partial charge in [0, 0.05) is 19.0 Å². The molecule has 1 N–H and O–H groups in total. The summed E-state index contributed by atoms with van der Waals surface area (Å²) in [5.41, 5.74) is 1.28. The highest BCUT2D eigenvalue weighted by atomic mass is 16.5. The van der Waals surface area contributed by atoms with Crippen LogP contribution in [-0.4, -0.2) is 41.6 Å². The van der Waals surface area contributed by atoms with Gasteiger partial charge in [0.25, 0.3) is 0 Å². The molecular formula is C20H29NO4. The molecule has 1 saturated heterocycles. The van der Waals surface area contributed by atoms with Crippen LogP contribution in [0.15, 0.2) is 24.3 Å². The maximum absolute atomic E-state index is 12.4. The number of aryl methyl sites for hydroxylation is 1. The van der Waals surface area contributed by atoms with Crippen LogP contribution in [0.3, 0.4) is 0 Å². The zero-order valence-electron chi connectivity index (χ0n) is 15.2. The van der Waals surface area contributed by atoms with Gasteiger partial charge in [-0.25, -0.2) is 0 Å². The van der Waals surface area contributed by atoms with Gasteiger partial charge in [-0.2, -0.15) is 0 Å². The minimum absolute atomic E-state index is 0.0999. The second-order valence-corrected chi connectivity index (χ2v) is 6.92. The van der Waals surface area contributed by atoms with Gasteiger partial charge < -0.3 is 14.7 Å². The van der Waals surface area contributed by atoms with Gasteiger partial charge in [-0.3, -0.25) is 9.59 Å². The third-order valence-electron chi connectivity index (χ3n) is 5.07. The van der Waals surface area contributed by atoms with E-state index in [1.807, 2.05) is 19.1 Å². The highest BCUT2D eigenvalue weighted by Gasteiger charge is 2.31. The van der Waals surface area contributed by atoms with Gasteiger partial charge in [0.1, 0.15) is 5.75 Å². The van der Waals surface area contributed by atoms with Crippen LogP contribution in [0.5, 0.6) is 5.75 Å². The van der Waals surface area contributed by atoms with Crippen molar-refractivity contribution in [3.8, 4) is 5.75 Å². The van der Waals surface area contributed by atoms with E-state index in [-0.39, 0.29) is 11.9 Å². The number of aliphatic carboxylic acids is 1. The number of hydrogen-bond donors (Lipinski definition) is 1. The van der Waals surface area contributed by atoms with Gasteiger partial charge in [0.15, 0.2) is 0 Å². The van der Waals surface area contributed by atoms with Crippen molar-refractivity contribution in [3.63, 3.8) is 0 Å². The Morgan fingerprint density at radius 3 is 2.52 bits per heavy atom. The quantitative estimate of drug-likeness (QED) is 0.731. The van der Waals surface area contributed by atoms with E-state index in [9.17, 15) is 9.59 Å². The van der Waals surface area contributed by atoms with Crippen molar-refractivity contribution in [2.24, 2.45) is 5.92 Å². The molecule has 2 unspecified atom stereocenters. The Morgan fingerprint density at radius 2 is 1.88 bits per heavy atom. The molecule has 1 aromatic carbocycles. The van der Waals surface area contributed by atoms with E-state index >= 15 is 0 Å². The Hall–Kier alpha value is -2.04. The monoisotopic (exact) mass is 347 g/mol. The molecule has 2 rings (SSSR count). The van der Waals surface area contributed by atoms with Crippen molar-refractivity contribution in [3.05, 3.63) is 29.8 Å². The number of likely N-dealkylation sites (tertiary alicyclic amines) is 1. The van der Waals surface area contributed by atoms with Crippen LogP contribution in [-0.2, 0) is 16.0 Å². The lowest BCUT2D eigenvalue weighted by molar-refractivity contribution is -0.147. The van der Waals surface area contributed by atoms with Crippen LogP contribution >= 0.6 is 0 Å². The number of amides is 1. The highest BCUT2D eigenvalue weighted by molar-refractivity contribution is 5.78. The zero-order valence-corrected chi connectivity index (χ0v) is 15.2. The lowest BCUT2D eigenvalue weighted by Gasteiger charge is -2.36. The Bertz CT molecular complexity index is 570. The lowest BCUT2D eigenvalue weighted by Crippen LogP contribution is -2.47. The van der Waals surface area contributed by atoms with Crippen LogP contribution in [0, 0.1) is 5.92 Å². The lowest BCUT2D eigenvalue weighted by atomic mass is 9.93. The van der Waals surface area contributed by atoms with Gasteiger partial charge in [-0.1, -0.05) is 18.6 Å². The topological polar surface area (TPSA) is 66.8 Å². The van der Waals surface area contributed by atoms with Crippen molar-refractivity contribution >= 4 is 11.9 Å². The molecule has 1 fully saturated rings. The first kappa shape index (κ1) is 19.3. The standard InChI is InChI=1S/C20H29NO4/c1-15-8-11-17(20(23)24)14-21(15)19(22)7-5-3-4-6-16-9-12-18(25-2)13-10-16/h9-10,12-13,15,17H,3-8,11,14H2,1-2H3,(H,23,24). The zero-order chi connectivity index (χ0) is 18.2. The van der Waals surface area contributed by atoms with Crippen LogP contribution in [0.4, 0.5) is 0 Å². The SMILES string of the molecule is COc1ccc(CCCCCC(=O)N2CC(C(=O)O)CCC2C)cc1. The Morgan fingerprint density at radius 1 is 1.16 bits per heavy atom. The number of piperidine rings is 1. The Kier molecular flexibility index (Phi) is 7.29. The van der Waals surface area contributed by atoms with Crippen LogP contribution < -0.4 is 4.74 Å². The molecule has 5 heteroatoms. The number of unbranched alkanes of at least 4 members (excludes halogenated alkanes) is 2. The molecule has 1 aromatic rings. The number of carbonyl (C=O) groups is 2. The third-order valence-corrected chi connectivity index (χ3v) is 5.07. The van der Waals surface area contributed by atoms with Gasteiger partial charge in [0.2, 0.25) is 5.91 Å². The van der Waals surface area contributed by atoms with E-state index in [4.69, 9.17) is 9.84 Å². The van der Waals surface area contributed by atoms with Crippen molar-refractivity contribution in [2.45, 2.75) is 57.9 Å². The molecular weight excluding hydrogens is 318 g/mol. The molecule has 0 bridgehead atoms. The normalized spacial score (nSPS) is 20.3. The number of methoxy groups -OCH3 is 1. The van der Waals surface area contributed by atoms with E-state index in [0.717, 1.165) is 37.9 Å². The summed E-state index contributed by atoms with van der Waals surface area (Å²) in [6.07, 6.45) is 5.87. The second-order valence-electron chi connectivity index (χ2n) is 6.92. The summed E-state index contributed by atoms with van der Waals surface area (Å²) in [6.45, 7) is 2.38. The Balaban J connectivity index is 1.68. The number of hydrogen-bond acceptors (Lipinski definition) is 3. The average molecular weight is 347 g/mol. The predicted octanol–water partition coefficient (Wildman–Crippen LogP) is 3.51. The van der Waals surface area contributed by atoms with Gasteiger partial charge in [0.05, 0.1) is 13.0 Å². The molecule has 0 saturated carbocycles. The van der Waals surface area contributed by atoms with Crippen LogP contribution in [0.1, 0.15) is 51.0 Å². The molecule has 0 radical (unpaired) electrons. The molecule has 1 heterocycles. The smallest absolute Gasteiger partial charge is 0.308 e. The summed E-state index contributed by atoms with van der Waals surface area (Å²) in [6, 6.07) is 8.24. The summed E-state index contributed by atoms with van der Waals surface area (Å²) < 4.78 is 5.15. The molecule has 5 nitrogen and oxygen atoms in total. The summed E-state index contributed by atoms with van der Waals surface area (Å²) in [4.78, 5) is 25.3. The molecule has 25 heavy (non-hydrogen) atoms. The predicted molar refractivity (Wildman–Crippen MR) is 96.7 cm³/mol. The first-order valence-electron chi connectivity index (χ1n) is 9.16. The number of carboxylic acid groups (broad SMARTS) is 1. The van der Waals surface area contributed by atoms with Crippen molar-refractivity contribution in [2.75, 3.05) is 13.7 Å².